The summed E-state index contributed by atoms with van der Waals surface area (Å²) in [7, 11) is 0. The molecule has 110 valence electrons. The van der Waals surface area contributed by atoms with E-state index < -0.39 is 0 Å². The highest BCUT2D eigenvalue weighted by atomic mass is 16.5. The number of rotatable bonds is 6. The zero-order valence-corrected chi connectivity index (χ0v) is 11.3. The highest BCUT2D eigenvalue weighted by molar-refractivity contribution is 5.89. The first-order valence-electron chi connectivity index (χ1n) is 6.78. The summed E-state index contributed by atoms with van der Waals surface area (Å²) in [5.41, 5.74) is 0.671. The molecule has 3 N–H and O–H groups in total. The third kappa shape index (κ3) is 4.71. The second-order valence-corrected chi connectivity index (χ2v) is 4.57. The molecule has 6 nitrogen and oxygen atoms in total. The number of amides is 2. The fourth-order valence-electron chi connectivity index (χ4n) is 1.94. The van der Waals surface area contributed by atoms with Crippen LogP contribution in [0.4, 0.5) is 10.5 Å². The summed E-state index contributed by atoms with van der Waals surface area (Å²) in [6, 6.07) is 6.80. The molecule has 0 aliphatic carbocycles. The van der Waals surface area contributed by atoms with Crippen LogP contribution in [0.3, 0.4) is 0 Å². The number of urea groups is 1. The van der Waals surface area contributed by atoms with Crippen molar-refractivity contribution in [3.05, 3.63) is 24.3 Å². The van der Waals surface area contributed by atoms with Crippen LogP contribution in [0, 0.1) is 0 Å². The summed E-state index contributed by atoms with van der Waals surface area (Å²) in [5, 5.41) is 13.8. The van der Waals surface area contributed by atoms with E-state index >= 15 is 0 Å². The van der Waals surface area contributed by atoms with Crippen molar-refractivity contribution in [1.82, 2.24) is 5.32 Å². The molecular formula is C14H20N2O4. The molecule has 0 saturated carbocycles. The van der Waals surface area contributed by atoms with Gasteiger partial charge in [0.2, 0.25) is 0 Å². The van der Waals surface area contributed by atoms with Crippen LogP contribution in [-0.4, -0.2) is 43.6 Å². The van der Waals surface area contributed by atoms with E-state index in [0.29, 0.717) is 12.3 Å². The Bertz CT molecular complexity index is 416. The maximum absolute atomic E-state index is 11.4. The van der Waals surface area contributed by atoms with Crippen LogP contribution >= 0.6 is 0 Å². The molecule has 1 aromatic carbocycles. The predicted molar refractivity (Wildman–Crippen MR) is 75.0 cm³/mol. The topological polar surface area (TPSA) is 79.8 Å². The van der Waals surface area contributed by atoms with E-state index in [9.17, 15) is 4.79 Å². The number of carbonyl (C=O) groups is 1. The lowest BCUT2D eigenvalue weighted by atomic mass is 10.2. The zero-order valence-electron chi connectivity index (χ0n) is 11.3. The molecule has 1 fully saturated rings. The van der Waals surface area contributed by atoms with Gasteiger partial charge < -0.3 is 25.2 Å². The lowest BCUT2D eigenvalue weighted by Gasteiger charge is -2.12. The lowest BCUT2D eigenvalue weighted by molar-refractivity contribution is 0.0679. The molecule has 1 atom stereocenters. The Labute approximate surface area is 118 Å². The summed E-state index contributed by atoms with van der Waals surface area (Å²) in [4.78, 5) is 11.4. The smallest absolute Gasteiger partial charge is 0.319 e. The number of aliphatic hydroxyl groups excluding tert-OH is 1. The molecule has 0 radical (unpaired) electrons. The Kier molecular flexibility index (Phi) is 5.64. The number of anilines is 1. The SMILES string of the molecule is O=C(NCCO)Nc1ccc(OC[C@@H]2CCCO2)cc1. The van der Waals surface area contributed by atoms with Crippen molar-refractivity contribution in [3.63, 3.8) is 0 Å². The van der Waals surface area contributed by atoms with E-state index in [-0.39, 0.29) is 25.3 Å². The van der Waals surface area contributed by atoms with Gasteiger partial charge in [0.1, 0.15) is 12.4 Å². The number of carbonyl (C=O) groups excluding carboxylic acids is 1. The van der Waals surface area contributed by atoms with E-state index in [1.165, 1.54) is 0 Å². The fourth-order valence-corrected chi connectivity index (χ4v) is 1.94. The normalized spacial score (nSPS) is 17.8. The van der Waals surface area contributed by atoms with Gasteiger partial charge in [-0.05, 0) is 37.1 Å². The molecule has 0 aromatic heterocycles. The summed E-state index contributed by atoms with van der Waals surface area (Å²) in [6.07, 6.45) is 2.34. The van der Waals surface area contributed by atoms with Gasteiger partial charge in [-0.2, -0.15) is 0 Å². The van der Waals surface area contributed by atoms with Gasteiger partial charge in [-0.1, -0.05) is 0 Å². The van der Waals surface area contributed by atoms with Gasteiger partial charge in [0.25, 0.3) is 0 Å². The van der Waals surface area contributed by atoms with Crippen molar-refractivity contribution in [2.45, 2.75) is 18.9 Å². The molecule has 1 aromatic rings. The lowest BCUT2D eigenvalue weighted by Crippen LogP contribution is -2.30. The van der Waals surface area contributed by atoms with Crippen molar-refractivity contribution in [2.24, 2.45) is 0 Å². The van der Waals surface area contributed by atoms with E-state index in [4.69, 9.17) is 14.6 Å². The first kappa shape index (κ1) is 14.6. The second kappa shape index (κ2) is 7.72. The van der Waals surface area contributed by atoms with Gasteiger partial charge in [-0.25, -0.2) is 4.79 Å². The predicted octanol–water partition coefficient (Wildman–Crippen LogP) is 1.36. The maximum Gasteiger partial charge on any atom is 0.319 e. The van der Waals surface area contributed by atoms with Crippen molar-refractivity contribution in [3.8, 4) is 5.75 Å². The minimum Gasteiger partial charge on any atom is -0.491 e. The number of ether oxygens (including phenoxy) is 2. The van der Waals surface area contributed by atoms with Crippen LogP contribution in [0.25, 0.3) is 0 Å². The highest BCUT2D eigenvalue weighted by Crippen LogP contribution is 2.18. The minimum atomic E-state index is -0.341. The Balaban J connectivity index is 1.75. The second-order valence-electron chi connectivity index (χ2n) is 4.57. The third-order valence-corrected chi connectivity index (χ3v) is 2.97. The Morgan fingerprint density at radius 3 is 2.85 bits per heavy atom. The number of aliphatic hydroxyl groups is 1. The standard InChI is InChI=1S/C14H20N2O4/c17-8-7-15-14(18)16-11-3-5-12(6-4-11)20-10-13-2-1-9-19-13/h3-6,13,17H,1-2,7-10H2,(H2,15,16,18)/t13-/m0/s1. The zero-order chi connectivity index (χ0) is 14.2. The monoisotopic (exact) mass is 280 g/mol. The molecule has 2 rings (SSSR count). The van der Waals surface area contributed by atoms with Crippen molar-refractivity contribution in [2.75, 3.05) is 31.7 Å². The first-order chi connectivity index (χ1) is 9.78. The molecular weight excluding hydrogens is 260 g/mol. The third-order valence-electron chi connectivity index (χ3n) is 2.97. The number of hydrogen-bond donors (Lipinski definition) is 3. The maximum atomic E-state index is 11.4. The van der Waals surface area contributed by atoms with Crippen LogP contribution in [0.15, 0.2) is 24.3 Å². The molecule has 2 amide bonds. The molecule has 6 heteroatoms. The highest BCUT2D eigenvalue weighted by Gasteiger charge is 2.15. The number of nitrogens with one attached hydrogen (secondary N) is 2. The van der Waals surface area contributed by atoms with E-state index in [1.807, 2.05) is 0 Å². The number of benzene rings is 1. The molecule has 0 bridgehead atoms. The van der Waals surface area contributed by atoms with Crippen LogP contribution in [0.5, 0.6) is 5.75 Å². The van der Waals surface area contributed by atoms with Gasteiger partial charge in [0.05, 0.1) is 12.7 Å². The van der Waals surface area contributed by atoms with E-state index in [2.05, 4.69) is 10.6 Å². The molecule has 1 aliphatic rings. The van der Waals surface area contributed by atoms with E-state index in [1.54, 1.807) is 24.3 Å². The first-order valence-corrected chi connectivity index (χ1v) is 6.78. The van der Waals surface area contributed by atoms with Crippen LogP contribution in [0.1, 0.15) is 12.8 Å². The quantitative estimate of drug-likeness (QED) is 0.735. The molecule has 0 spiro atoms. The molecule has 20 heavy (non-hydrogen) atoms. The van der Waals surface area contributed by atoms with Gasteiger partial charge in [-0.3, -0.25) is 0 Å². The van der Waals surface area contributed by atoms with Crippen molar-refractivity contribution < 1.29 is 19.4 Å². The minimum absolute atomic E-state index is 0.0799. The summed E-state index contributed by atoms with van der Waals surface area (Å²) >= 11 is 0. The molecule has 1 heterocycles. The average molecular weight is 280 g/mol. The summed E-state index contributed by atoms with van der Waals surface area (Å²) in [5.74, 6) is 0.752. The van der Waals surface area contributed by atoms with Crippen molar-refractivity contribution >= 4 is 11.7 Å². The van der Waals surface area contributed by atoms with Crippen LogP contribution in [-0.2, 0) is 4.74 Å². The van der Waals surface area contributed by atoms with Gasteiger partial charge >= 0.3 is 6.03 Å². The molecule has 1 aliphatic heterocycles. The molecule has 1 saturated heterocycles. The average Bonchev–Trinajstić information content (AvgIpc) is 2.98. The van der Waals surface area contributed by atoms with E-state index in [0.717, 1.165) is 25.2 Å². The van der Waals surface area contributed by atoms with Gasteiger partial charge in [0, 0.05) is 18.8 Å². The summed E-state index contributed by atoms with van der Waals surface area (Å²) in [6.45, 7) is 1.53. The van der Waals surface area contributed by atoms with Crippen LogP contribution < -0.4 is 15.4 Å². The fraction of sp³-hybridized carbons (Fsp3) is 0.500. The Hall–Kier alpha value is -1.79. The largest absolute Gasteiger partial charge is 0.491 e. The van der Waals surface area contributed by atoms with Crippen molar-refractivity contribution in [1.29, 1.82) is 0 Å². The Morgan fingerprint density at radius 2 is 2.20 bits per heavy atom. The van der Waals surface area contributed by atoms with Gasteiger partial charge in [0.15, 0.2) is 0 Å². The molecule has 0 unspecified atom stereocenters. The van der Waals surface area contributed by atoms with Crippen LogP contribution in [0.2, 0.25) is 0 Å². The number of hydrogen-bond acceptors (Lipinski definition) is 4. The van der Waals surface area contributed by atoms with Gasteiger partial charge in [-0.15, -0.1) is 0 Å². The summed E-state index contributed by atoms with van der Waals surface area (Å²) < 4.78 is 11.1. The Morgan fingerprint density at radius 1 is 1.40 bits per heavy atom.